The fraction of sp³-hybridized carbons (Fsp3) is 0.429. The van der Waals surface area contributed by atoms with E-state index in [-0.39, 0.29) is 11.2 Å². The highest BCUT2D eigenvalue weighted by Gasteiger charge is 2.38. The Morgan fingerprint density at radius 2 is 2.11 bits per heavy atom. The summed E-state index contributed by atoms with van der Waals surface area (Å²) in [5.74, 6) is 2.14. The van der Waals surface area contributed by atoms with Crippen molar-refractivity contribution in [3.05, 3.63) is 61.6 Å². The van der Waals surface area contributed by atoms with E-state index in [1.54, 1.807) is 13.2 Å². The van der Waals surface area contributed by atoms with Crippen molar-refractivity contribution < 1.29 is 4.74 Å². The number of nitrogens with one attached hydrogen (secondary N) is 1. The molecule has 0 amide bonds. The Bertz CT molecular complexity index is 1150. The lowest BCUT2D eigenvalue weighted by Crippen LogP contribution is -2.38. The minimum Gasteiger partial charge on any atom is -0.496 e. The van der Waals surface area contributed by atoms with Gasteiger partial charge in [-0.15, -0.1) is 11.3 Å². The second-order valence-corrected chi connectivity index (χ2v) is 8.66. The first-order valence-electron chi connectivity index (χ1n) is 9.74. The van der Waals surface area contributed by atoms with Crippen LogP contribution in [-0.2, 0) is 13.0 Å². The summed E-state index contributed by atoms with van der Waals surface area (Å²) >= 11 is 1.39. The molecule has 2 aliphatic rings. The first-order chi connectivity index (χ1) is 13.7. The van der Waals surface area contributed by atoms with Crippen LogP contribution in [0.25, 0.3) is 10.2 Å². The maximum atomic E-state index is 12.6. The van der Waals surface area contributed by atoms with Gasteiger partial charge < -0.3 is 9.64 Å². The lowest BCUT2D eigenvalue weighted by Gasteiger charge is -2.28. The molecule has 1 fully saturated rings. The quantitative estimate of drug-likeness (QED) is 0.734. The summed E-state index contributed by atoms with van der Waals surface area (Å²) in [6.07, 6.45) is 2.22. The van der Waals surface area contributed by atoms with Crippen LogP contribution in [0.2, 0.25) is 0 Å². The van der Waals surface area contributed by atoms with Crippen molar-refractivity contribution in [1.29, 1.82) is 0 Å². The van der Waals surface area contributed by atoms with E-state index in [0.29, 0.717) is 35.1 Å². The van der Waals surface area contributed by atoms with E-state index in [1.807, 2.05) is 11.4 Å². The number of fused-ring (bicyclic) bond motifs is 4. The maximum Gasteiger partial charge on any atom is 0.329 e. The number of rotatable bonds is 4. The van der Waals surface area contributed by atoms with Crippen LogP contribution in [0.5, 0.6) is 5.75 Å². The molecule has 3 aromatic rings. The summed E-state index contributed by atoms with van der Waals surface area (Å²) in [4.78, 5) is 30.8. The monoisotopic (exact) mass is 397 g/mol. The highest BCUT2D eigenvalue weighted by molar-refractivity contribution is 7.16. The van der Waals surface area contributed by atoms with E-state index in [4.69, 9.17) is 4.74 Å². The third kappa shape index (κ3) is 2.81. The average Bonchev–Trinajstić information content (AvgIpc) is 3.33. The Balaban J connectivity index is 1.35. The summed E-state index contributed by atoms with van der Waals surface area (Å²) in [6, 6.07) is 8.14. The maximum absolute atomic E-state index is 12.6. The largest absolute Gasteiger partial charge is 0.496 e. The molecule has 0 spiro atoms. The number of likely N-dealkylation sites (tertiary alicyclic amines) is 1. The molecule has 2 atom stereocenters. The Hall–Kier alpha value is -2.38. The highest BCUT2D eigenvalue weighted by atomic mass is 32.1. The summed E-state index contributed by atoms with van der Waals surface area (Å²) in [5.41, 5.74) is 2.26. The van der Waals surface area contributed by atoms with Gasteiger partial charge in [-0.1, -0.05) is 12.1 Å². The molecule has 1 aromatic carbocycles. The van der Waals surface area contributed by atoms with E-state index in [9.17, 15) is 9.59 Å². The molecule has 6 nitrogen and oxygen atoms in total. The molecule has 1 aliphatic heterocycles. The number of hydrogen-bond acceptors (Lipinski definition) is 5. The number of methoxy groups -OCH3 is 1. The molecule has 7 heteroatoms. The lowest BCUT2D eigenvalue weighted by molar-refractivity contribution is 0.303. The van der Waals surface area contributed by atoms with Gasteiger partial charge >= 0.3 is 5.69 Å². The van der Waals surface area contributed by atoms with Crippen molar-refractivity contribution >= 4 is 21.6 Å². The molecule has 0 bridgehead atoms. The van der Waals surface area contributed by atoms with Crippen LogP contribution in [0.1, 0.15) is 23.5 Å². The molecule has 0 saturated carbocycles. The van der Waals surface area contributed by atoms with Crippen LogP contribution >= 0.6 is 11.3 Å². The molecule has 2 aromatic heterocycles. The zero-order valence-corrected chi connectivity index (χ0v) is 16.6. The molecule has 0 radical (unpaired) electrons. The predicted molar refractivity (Wildman–Crippen MR) is 111 cm³/mol. The molecule has 1 N–H and O–H groups in total. The Morgan fingerprint density at radius 3 is 2.96 bits per heavy atom. The molecule has 5 rings (SSSR count). The third-order valence-corrected chi connectivity index (χ3v) is 7.15. The van der Waals surface area contributed by atoms with Crippen molar-refractivity contribution in [2.75, 3.05) is 26.7 Å². The highest BCUT2D eigenvalue weighted by Crippen LogP contribution is 2.43. The van der Waals surface area contributed by atoms with Gasteiger partial charge in [0.25, 0.3) is 5.56 Å². The Morgan fingerprint density at radius 1 is 1.21 bits per heavy atom. The first-order valence-corrected chi connectivity index (χ1v) is 10.6. The number of thiophene rings is 1. The van der Waals surface area contributed by atoms with Gasteiger partial charge in [0.2, 0.25) is 0 Å². The summed E-state index contributed by atoms with van der Waals surface area (Å²) in [7, 11) is 1.74. The number of ether oxygens (including phenoxy) is 1. The van der Waals surface area contributed by atoms with E-state index < -0.39 is 0 Å². The predicted octanol–water partition coefficient (Wildman–Crippen LogP) is 2.42. The smallest absolute Gasteiger partial charge is 0.329 e. The first kappa shape index (κ1) is 17.7. The number of aromatic amines is 1. The zero-order chi connectivity index (χ0) is 19.3. The fourth-order valence-corrected chi connectivity index (χ4v) is 5.70. The van der Waals surface area contributed by atoms with Gasteiger partial charge in [-0.05, 0) is 47.4 Å². The number of H-pyrrole nitrogens is 1. The van der Waals surface area contributed by atoms with Gasteiger partial charge in [-0.3, -0.25) is 14.3 Å². The van der Waals surface area contributed by atoms with Gasteiger partial charge in [-0.25, -0.2) is 4.79 Å². The standard InChI is InChI=1S/C21H23N3O3S/c1-27-18-4-2-3-14-15(18)6-5-13-11-23(12-17(13)14)8-9-24-20(25)16-7-10-28-19(16)22-21(24)26/h2-4,7,10,13,17H,5-6,8-9,11-12H2,1H3,(H,22,26)/t13-,17+/m0/s1. The van der Waals surface area contributed by atoms with Crippen molar-refractivity contribution in [3.63, 3.8) is 0 Å². The van der Waals surface area contributed by atoms with E-state index in [1.165, 1.54) is 27.0 Å². The van der Waals surface area contributed by atoms with Gasteiger partial charge in [0, 0.05) is 32.1 Å². The summed E-state index contributed by atoms with van der Waals surface area (Å²) in [6.45, 7) is 3.13. The fourth-order valence-electron chi connectivity index (χ4n) is 4.93. The zero-order valence-electron chi connectivity index (χ0n) is 15.8. The third-order valence-electron chi connectivity index (χ3n) is 6.32. The van der Waals surface area contributed by atoms with Crippen LogP contribution in [0.4, 0.5) is 0 Å². The van der Waals surface area contributed by atoms with Crippen molar-refractivity contribution in [3.8, 4) is 5.75 Å². The minimum atomic E-state index is -0.313. The molecule has 1 saturated heterocycles. The van der Waals surface area contributed by atoms with Crippen LogP contribution in [-0.4, -0.2) is 41.2 Å². The molecule has 146 valence electrons. The molecule has 0 unspecified atom stereocenters. The van der Waals surface area contributed by atoms with Gasteiger partial charge in [0.1, 0.15) is 10.6 Å². The molecular formula is C21H23N3O3S. The molecular weight excluding hydrogens is 374 g/mol. The topological polar surface area (TPSA) is 67.3 Å². The second-order valence-electron chi connectivity index (χ2n) is 7.74. The van der Waals surface area contributed by atoms with Crippen molar-refractivity contribution in [2.24, 2.45) is 5.92 Å². The van der Waals surface area contributed by atoms with Crippen molar-refractivity contribution in [2.45, 2.75) is 25.3 Å². The van der Waals surface area contributed by atoms with Gasteiger partial charge in [0.05, 0.1) is 12.5 Å². The molecule has 3 heterocycles. The van der Waals surface area contributed by atoms with E-state index in [2.05, 4.69) is 22.0 Å². The molecule has 1 aliphatic carbocycles. The number of aromatic nitrogens is 2. The SMILES string of the molecule is COc1cccc2c1CC[C@H]1CN(CCn3c(=O)[nH]c4sccc4c3=O)C[C@@H]21. The number of benzene rings is 1. The van der Waals surface area contributed by atoms with Gasteiger partial charge in [-0.2, -0.15) is 0 Å². The van der Waals surface area contributed by atoms with E-state index >= 15 is 0 Å². The van der Waals surface area contributed by atoms with Crippen LogP contribution < -0.4 is 16.0 Å². The lowest BCUT2D eigenvalue weighted by atomic mass is 9.77. The van der Waals surface area contributed by atoms with Gasteiger partial charge in [0.15, 0.2) is 0 Å². The number of hydrogen-bond donors (Lipinski definition) is 1. The normalized spacial score (nSPS) is 21.6. The number of nitrogens with zero attached hydrogens (tertiary/aromatic N) is 2. The van der Waals surface area contributed by atoms with Crippen LogP contribution in [0.3, 0.4) is 0 Å². The second kappa shape index (κ2) is 6.90. The van der Waals surface area contributed by atoms with E-state index in [0.717, 1.165) is 31.7 Å². The average molecular weight is 398 g/mol. The van der Waals surface area contributed by atoms with Crippen molar-refractivity contribution in [1.82, 2.24) is 14.5 Å². The van der Waals surface area contributed by atoms with Crippen LogP contribution in [0.15, 0.2) is 39.2 Å². The molecule has 28 heavy (non-hydrogen) atoms. The summed E-state index contributed by atoms with van der Waals surface area (Å²) < 4.78 is 6.90. The minimum absolute atomic E-state index is 0.188. The summed E-state index contributed by atoms with van der Waals surface area (Å²) in [5, 5.41) is 2.43. The Labute approximate surface area is 166 Å². The Kier molecular flexibility index (Phi) is 4.36. The van der Waals surface area contributed by atoms with Crippen LogP contribution in [0, 0.1) is 5.92 Å².